The summed E-state index contributed by atoms with van der Waals surface area (Å²) < 4.78 is 1.70. The van der Waals surface area contributed by atoms with Gasteiger partial charge in [-0.25, -0.2) is 9.97 Å². The highest BCUT2D eigenvalue weighted by molar-refractivity contribution is 7.15. The fourth-order valence-electron chi connectivity index (χ4n) is 3.03. The lowest BCUT2D eigenvalue weighted by Gasteiger charge is -2.29. The predicted molar refractivity (Wildman–Crippen MR) is 102 cm³/mol. The summed E-state index contributed by atoms with van der Waals surface area (Å²) in [6, 6.07) is 5.11. The molecule has 0 radical (unpaired) electrons. The van der Waals surface area contributed by atoms with Crippen LogP contribution in [0.1, 0.15) is 22.2 Å². The van der Waals surface area contributed by atoms with Gasteiger partial charge in [0.1, 0.15) is 12.1 Å². The van der Waals surface area contributed by atoms with Crippen molar-refractivity contribution in [1.82, 2.24) is 24.6 Å². The van der Waals surface area contributed by atoms with E-state index in [-0.39, 0.29) is 5.91 Å². The lowest BCUT2D eigenvalue weighted by atomic mass is 10.1. The number of thiophene rings is 1. The molecule has 0 aromatic carbocycles. The smallest absolute Gasteiger partial charge is 0.255 e. The third kappa shape index (κ3) is 3.21. The van der Waals surface area contributed by atoms with Crippen LogP contribution >= 0.6 is 11.3 Å². The molecule has 0 aliphatic carbocycles. The van der Waals surface area contributed by atoms with E-state index in [0.717, 1.165) is 34.0 Å². The molecule has 138 valence electrons. The minimum atomic E-state index is -0.414. The van der Waals surface area contributed by atoms with Crippen molar-refractivity contribution in [2.75, 3.05) is 11.9 Å². The van der Waals surface area contributed by atoms with Gasteiger partial charge in [-0.1, -0.05) is 0 Å². The molecule has 8 nitrogen and oxygen atoms in total. The molecular weight excluding hydrogens is 364 g/mol. The van der Waals surface area contributed by atoms with Crippen molar-refractivity contribution < 1.29 is 9.59 Å². The summed E-state index contributed by atoms with van der Waals surface area (Å²) >= 11 is 1.56. The number of aryl methyl sites for hydroxylation is 1. The van der Waals surface area contributed by atoms with Gasteiger partial charge in [0.2, 0.25) is 5.95 Å². The molecule has 9 heteroatoms. The van der Waals surface area contributed by atoms with Crippen molar-refractivity contribution in [1.29, 1.82) is 0 Å². The van der Waals surface area contributed by atoms with Crippen LogP contribution in [-0.2, 0) is 18.3 Å². The number of anilines is 2. The number of hydrogen-bond donors (Lipinski definition) is 1. The van der Waals surface area contributed by atoms with Crippen LogP contribution < -0.4 is 5.32 Å². The first kappa shape index (κ1) is 17.3. The highest BCUT2D eigenvalue weighted by Crippen LogP contribution is 2.34. The van der Waals surface area contributed by atoms with Crippen LogP contribution in [0, 0.1) is 0 Å². The molecule has 0 fully saturated rings. The van der Waals surface area contributed by atoms with Crippen molar-refractivity contribution in [2.24, 2.45) is 7.05 Å². The van der Waals surface area contributed by atoms with Gasteiger partial charge in [-0.05, 0) is 19.1 Å². The minimum absolute atomic E-state index is 0.0966. The van der Waals surface area contributed by atoms with Crippen LogP contribution in [0.25, 0.3) is 10.6 Å². The molecule has 3 aromatic heterocycles. The van der Waals surface area contributed by atoms with Crippen molar-refractivity contribution in [3.05, 3.63) is 41.0 Å². The number of rotatable bonds is 5. The SMILES string of the molecule is CC(C=O)N1CCc2sc(-c3ccnc(Nc4ccnn4C)n3)cc2C1=O. The molecule has 0 saturated heterocycles. The van der Waals surface area contributed by atoms with E-state index in [2.05, 4.69) is 20.4 Å². The van der Waals surface area contributed by atoms with Crippen LogP contribution in [0.5, 0.6) is 0 Å². The molecule has 0 saturated carbocycles. The van der Waals surface area contributed by atoms with Gasteiger partial charge in [0.15, 0.2) is 0 Å². The summed E-state index contributed by atoms with van der Waals surface area (Å²) in [6.07, 6.45) is 4.92. The summed E-state index contributed by atoms with van der Waals surface area (Å²) in [4.78, 5) is 36.1. The number of aldehydes is 1. The maximum absolute atomic E-state index is 12.7. The summed E-state index contributed by atoms with van der Waals surface area (Å²) in [5.41, 5.74) is 1.41. The van der Waals surface area contributed by atoms with Gasteiger partial charge in [-0.3, -0.25) is 9.48 Å². The zero-order chi connectivity index (χ0) is 19.0. The van der Waals surface area contributed by atoms with Crippen molar-refractivity contribution in [3.8, 4) is 10.6 Å². The standard InChI is InChI=1S/C18H18N6O2S/c1-11(10-25)24-8-5-14-12(17(24)26)9-15(27-14)13-3-6-19-18(21-13)22-16-4-7-20-23(16)2/h3-4,6-7,9-11H,5,8H2,1-2H3,(H,19,21,22). The first-order chi connectivity index (χ1) is 13.1. The summed E-state index contributed by atoms with van der Waals surface area (Å²) in [6.45, 7) is 2.30. The first-order valence-electron chi connectivity index (χ1n) is 8.54. The van der Waals surface area contributed by atoms with Gasteiger partial charge in [0.05, 0.1) is 28.4 Å². The third-order valence-corrected chi connectivity index (χ3v) is 5.75. The topological polar surface area (TPSA) is 93.0 Å². The van der Waals surface area contributed by atoms with Crippen molar-refractivity contribution in [3.63, 3.8) is 0 Å². The quantitative estimate of drug-likeness (QED) is 0.681. The average Bonchev–Trinajstić information content (AvgIpc) is 3.29. The Hall–Kier alpha value is -3.07. The van der Waals surface area contributed by atoms with Crippen LogP contribution in [0.2, 0.25) is 0 Å². The molecule has 1 atom stereocenters. The average molecular weight is 382 g/mol. The lowest BCUT2D eigenvalue weighted by molar-refractivity contribution is -0.111. The maximum Gasteiger partial charge on any atom is 0.255 e. The van der Waals surface area contributed by atoms with Gasteiger partial charge in [-0.15, -0.1) is 11.3 Å². The van der Waals surface area contributed by atoms with Gasteiger partial charge < -0.3 is 15.0 Å². The molecule has 1 unspecified atom stereocenters. The second kappa shape index (κ2) is 6.92. The number of fused-ring (bicyclic) bond motifs is 1. The van der Waals surface area contributed by atoms with Crippen molar-refractivity contribution in [2.45, 2.75) is 19.4 Å². The number of aromatic nitrogens is 4. The van der Waals surface area contributed by atoms with E-state index in [0.29, 0.717) is 18.1 Å². The normalized spacial score (nSPS) is 14.7. The molecule has 0 bridgehead atoms. The van der Waals surface area contributed by atoms with E-state index in [9.17, 15) is 9.59 Å². The molecular formula is C18H18N6O2S. The van der Waals surface area contributed by atoms with Crippen molar-refractivity contribution >= 4 is 35.3 Å². The number of hydrogen-bond acceptors (Lipinski definition) is 7. The molecule has 1 amide bonds. The highest BCUT2D eigenvalue weighted by atomic mass is 32.1. The minimum Gasteiger partial charge on any atom is -0.329 e. The molecule has 1 aliphatic rings. The van der Waals surface area contributed by atoms with Gasteiger partial charge in [0, 0.05) is 37.2 Å². The number of carbonyl (C=O) groups excluding carboxylic acids is 2. The number of nitrogens with one attached hydrogen (secondary N) is 1. The molecule has 4 rings (SSSR count). The number of nitrogens with zero attached hydrogens (tertiary/aromatic N) is 5. The molecule has 4 heterocycles. The van der Waals surface area contributed by atoms with Crippen LogP contribution in [0.3, 0.4) is 0 Å². The molecule has 27 heavy (non-hydrogen) atoms. The third-order valence-electron chi connectivity index (χ3n) is 4.54. The summed E-state index contributed by atoms with van der Waals surface area (Å²) in [5, 5.41) is 7.24. The number of amides is 1. The Balaban J connectivity index is 1.62. The Labute approximate surface area is 159 Å². The monoisotopic (exact) mass is 382 g/mol. The van der Waals surface area contributed by atoms with E-state index in [1.165, 1.54) is 0 Å². The van der Waals surface area contributed by atoms with E-state index in [1.807, 2.05) is 25.2 Å². The lowest BCUT2D eigenvalue weighted by Crippen LogP contribution is -2.43. The van der Waals surface area contributed by atoms with E-state index >= 15 is 0 Å². The highest BCUT2D eigenvalue weighted by Gasteiger charge is 2.30. The van der Waals surface area contributed by atoms with E-state index in [1.54, 1.807) is 40.2 Å². The second-order valence-corrected chi connectivity index (χ2v) is 7.44. The van der Waals surface area contributed by atoms with Gasteiger partial charge in [0.25, 0.3) is 5.91 Å². The van der Waals surface area contributed by atoms with E-state index < -0.39 is 6.04 Å². The molecule has 0 spiro atoms. The Bertz CT molecular complexity index is 1010. The van der Waals surface area contributed by atoms with Crippen LogP contribution in [0.15, 0.2) is 30.6 Å². The Kier molecular flexibility index (Phi) is 4.44. The second-order valence-electron chi connectivity index (χ2n) is 6.30. The Morgan fingerprint density at radius 1 is 1.33 bits per heavy atom. The Morgan fingerprint density at radius 2 is 2.19 bits per heavy atom. The fourth-order valence-corrected chi connectivity index (χ4v) is 4.14. The molecule has 1 aliphatic heterocycles. The van der Waals surface area contributed by atoms with E-state index in [4.69, 9.17) is 0 Å². The zero-order valence-corrected chi connectivity index (χ0v) is 15.7. The first-order valence-corrected chi connectivity index (χ1v) is 9.36. The van der Waals surface area contributed by atoms with Gasteiger partial charge in [-0.2, -0.15) is 5.10 Å². The van der Waals surface area contributed by atoms with Crippen LogP contribution in [-0.4, -0.2) is 49.4 Å². The Morgan fingerprint density at radius 3 is 2.93 bits per heavy atom. The fraction of sp³-hybridized carbons (Fsp3) is 0.278. The molecule has 1 N–H and O–H groups in total. The number of carbonyl (C=O) groups is 2. The summed E-state index contributed by atoms with van der Waals surface area (Å²) in [7, 11) is 1.83. The predicted octanol–water partition coefficient (Wildman–Crippen LogP) is 2.27. The largest absolute Gasteiger partial charge is 0.329 e. The maximum atomic E-state index is 12.7. The zero-order valence-electron chi connectivity index (χ0n) is 14.9. The van der Waals surface area contributed by atoms with Gasteiger partial charge >= 0.3 is 0 Å². The molecule has 3 aromatic rings. The summed E-state index contributed by atoms with van der Waals surface area (Å²) in [5.74, 6) is 1.15. The van der Waals surface area contributed by atoms with Crippen LogP contribution in [0.4, 0.5) is 11.8 Å².